The summed E-state index contributed by atoms with van der Waals surface area (Å²) in [7, 11) is -4.07. The van der Waals surface area contributed by atoms with Gasteiger partial charge in [-0.25, -0.2) is 8.42 Å². The molecule has 0 bridgehead atoms. The van der Waals surface area contributed by atoms with E-state index in [1.807, 2.05) is 44.2 Å². The van der Waals surface area contributed by atoms with Crippen molar-refractivity contribution in [1.82, 2.24) is 10.2 Å². The minimum Gasteiger partial charge on any atom is -0.352 e. The lowest BCUT2D eigenvalue weighted by atomic mass is 10.1. The molecule has 0 aliphatic heterocycles. The van der Waals surface area contributed by atoms with Crippen molar-refractivity contribution in [3.8, 4) is 0 Å². The van der Waals surface area contributed by atoms with Crippen molar-refractivity contribution >= 4 is 43.5 Å². The summed E-state index contributed by atoms with van der Waals surface area (Å²) in [5, 5.41) is 2.85. The average Bonchev–Trinajstić information content (AvgIpc) is 2.87. The van der Waals surface area contributed by atoms with Crippen molar-refractivity contribution < 1.29 is 18.0 Å². The van der Waals surface area contributed by atoms with Crippen LogP contribution in [-0.4, -0.2) is 43.8 Å². The molecule has 0 saturated heterocycles. The first-order valence-corrected chi connectivity index (χ1v) is 14.2. The summed E-state index contributed by atoms with van der Waals surface area (Å²) < 4.78 is 29.5. The average molecular weight is 587 g/mol. The molecule has 0 radical (unpaired) electrons. The molecule has 37 heavy (non-hydrogen) atoms. The number of aryl methyl sites for hydroxylation is 1. The molecule has 3 aromatic carbocycles. The van der Waals surface area contributed by atoms with Crippen molar-refractivity contribution in [2.45, 2.75) is 51.2 Å². The smallest absolute Gasteiger partial charge is 0.264 e. The summed E-state index contributed by atoms with van der Waals surface area (Å²) in [6.45, 7) is 6.82. The molecule has 0 heterocycles. The van der Waals surface area contributed by atoms with E-state index < -0.39 is 28.5 Å². The minimum absolute atomic E-state index is 0.0797. The third-order valence-electron chi connectivity index (χ3n) is 5.86. The number of sulfonamides is 1. The Labute approximate surface area is 227 Å². The summed E-state index contributed by atoms with van der Waals surface area (Å²) in [6.07, 6.45) is 0. The van der Waals surface area contributed by atoms with E-state index in [4.69, 9.17) is 0 Å². The fraction of sp³-hybridized carbons (Fsp3) is 0.286. The van der Waals surface area contributed by atoms with Crippen LogP contribution in [0.5, 0.6) is 0 Å². The number of anilines is 1. The van der Waals surface area contributed by atoms with E-state index in [-0.39, 0.29) is 23.4 Å². The molecule has 3 aromatic rings. The van der Waals surface area contributed by atoms with Crippen LogP contribution in [0.2, 0.25) is 0 Å². The third kappa shape index (κ3) is 7.20. The zero-order chi connectivity index (χ0) is 27.2. The summed E-state index contributed by atoms with van der Waals surface area (Å²) >= 11 is 3.41. The highest BCUT2D eigenvalue weighted by molar-refractivity contribution is 9.10. The van der Waals surface area contributed by atoms with E-state index in [1.54, 1.807) is 50.2 Å². The molecular weight excluding hydrogens is 554 g/mol. The molecule has 0 saturated carbocycles. The van der Waals surface area contributed by atoms with Crippen molar-refractivity contribution in [3.63, 3.8) is 0 Å². The van der Waals surface area contributed by atoms with Gasteiger partial charge in [0.1, 0.15) is 12.6 Å². The molecule has 1 atom stereocenters. The van der Waals surface area contributed by atoms with Gasteiger partial charge in [0, 0.05) is 17.1 Å². The lowest BCUT2D eigenvalue weighted by molar-refractivity contribution is -0.139. The lowest BCUT2D eigenvalue weighted by Gasteiger charge is -2.32. The highest BCUT2D eigenvalue weighted by atomic mass is 79.9. The number of rotatable bonds is 10. The molecule has 0 fully saturated rings. The zero-order valence-electron chi connectivity index (χ0n) is 21.4. The zero-order valence-corrected chi connectivity index (χ0v) is 23.8. The van der Waals surface area contributed by atoms with Crippen LogP contribution in [0.25, 0.3) is 0 Å². The maximum Gasteiger partial charge on any atom is 0.264 e. The van der Waals surface area contributed by atoms with Crippen molar-refractivity contribution in [1.29, 1.82) is 0 Å². The lowest BCUT2D eigenvalue weighted by Crippen LogP contribution is -2.52. The van der Waals surface area contributed by atoms with Crippen LogP contribution in [0, 0.1) is 6.92 Å². The molecule has 0 spiro atoms. The fourth-order valence-corrected chi connectivity index (χ4v) is 5.61. The number of hydrogen-bond acceptors (Lipinski definition) is 4. The Hall–Kier alpha value is -3.17. The largest absolute Gasteiger partial charge is 0.352 e. The second kappa shape index (κ2) is 12.4. The molecule has 196 valence electrons. The first-order valence-electron chi connectivity index (χ1n) is 12.0. The van der Waals surface area contributed by atoms with Crippen LogP contribution >= 0.6 is 15.9 Å². The first-order chi connectivity index (χ1) is 17.5. The molecule has 1 unspecified atom stereocenters. The van der Waals surface area contributed by atoms with E-state index in [0.29, 0.717) is 11.3 Å². The summed E-state index contributed by atoms with van der Waals surface area (Å²) in [6, 6.07) is 21.5. The van der Waals surface area contributed by atoms with Gasteiger partial charge in [-0.2, -0.15) is 0 Å². The molecule has 0 aliphatic carbocycles. The standard InChI is InChI=1S/C28H32BrN3O4S/c1-20(2)30-28(34)22(4)31(18-23-14-16-24(29)17-15-23)27(33)19-32(26-13-9-8-10-21(26)3)37(35,36)25-11-6-5-7-12-25/h5-17,20,22H,18-19H2,1-4H3,(H,30,34). The van der Waals surface area contributed by atoms with Gasteiger partial charge in [-0.3, -0.25) is 13.9 Å². The van der Waals surface area contributed by atoms with Gasteiger partial charge < -0.3 is 10.2 Å². The van der Waals surface area contributed by atoms with Gasteiger partial charge in [-0.1, -0.05) is 64.5 Å². The van der Waals surface area contributed by atoms with Gasteiger partial charge in [-0.05, 0) is 69.2 Å². The quantitative estimate of drug-likeness (QED) is 0.367. The van der Waals surface area contributed by atoms with Gasteiger partial charge in [0.15, 0.2) is 0 Å². The first kappa shape index (κ1) is 28.4. The highest BCUT2D eigenvalue weighted by Crippen LogP contribution is 2.27. The van der Waals surface area contributed by atoms with E-state index in [9.17, 15) is 18.0 Å². The maximum absolute atomic E-state index is 13.8. The van der Waals surface area contributed by atoms with Gasteiger partial charge >= 0.3 is 0 Å². The number of para-hydroxylation sites is 1. The number of amides is 2. The predicted octanol–water partition coefficient (Wildman–Crippen LogP) is 4.89. The van der Waals surface area contributed by atoms with Gasteiger partial charge in [-0.15, -0.1) is 0 Å². The highest BCUT2D eigenvalue weighted by Gasteiger charge is 2.33. The number of halogens is 1. The number of carbonyl (C=O) groups is 2. The van der Waals surface area contributed by atoms with Crippen molar-refractivity contribution in [2.75, 3.05) is 10.8 Å². The Bertz CT molecular complexity index is 1330. The van der Waals surface area contributed by atoms with Crippen LogP contribution in [0.3, 0.4) is 0 Å². The Morgan fingerprint density at radius 1 is 0.892 bits per heavy atom. The molecule has 3 rings (SSSR count). The molecule has 7 nitrogen and oxygen atoms in total. The van der Waals surface area contributed by atoms with E-state index in [2.05, 4.69) is 21.2 Å². The van der Waals surface area contributed by atoms with E-state index in [1.165, 1.54) is 17.0 Å². The molecule has 2 amide bonds. The van der Waals surface area contributed by atoms with E-state index >= 15 is 0 Å². The van der Waals surface area contributed by atoms with Gasteiger partial charge in [0.2, 0.25) is 11.8 Å². The summed E-state index contributed by atoms with van der Waals surface area (Å²) in [4.78, 5) is 28.3. The number of carbonyl (C=O) groups excluding carboxylic acids is 2. The van der Waals surface area contributed by atoms with Gasteiger partial charge in [0.05, 0.1) is 10.6 Å². The van der Waals surface area contributed by atoms with Crippen molar-refractivity contribution in [2.24, 2.45) is 0 Å². The van der Waals surface area contributed by atoms with E-state index in [0.717, 1.165) is 14.3 Å². The van der Waals surface area contributed by atoms with Crippen LogP contribution in [0.15, 0.2) is 88.2 Å². The Kier molecular flexibility index (Phi) is 9.50. The van der Waals surface area contributed by atoms with Crippen LogP contribution in [-0.2, 0) is 26.2 Å². The summed E-state index contributed by atoms with van der Waals surface area (Å²) in [5.74, 6) is -0.800. The maximum atomic E-state index is 13.8. The number of hydrogen-bond donors (Lipinski definition) is 1. The van der Waals surface area contributed by atoms with Crippen LogP contribution in [0.4, 0.5) is 5.69 Å². The van der Waals surface area contributed by atoms with Crippen LogP contribution < -0.4 is 9.62 Å². The second-order valence-electron chi connectivity index (χ2n) is 9.10. The Balaban J connectivity index is 2.02. The molecule has 0 aliphatic rings. The topological polar surface area (TPSA) is 86.8 Å². The monoisotopic (exact) mass is 585 g/mol. The van der Waals surface area contributed by atoms with Crippen LogP contribution in [0.1, 0.15) is 31.9 Å². The number of nitrogens with one attached hydrogen (secondary N) is 1. The molecule has 0 aromatic heterocycles. The van der Waals surface area contributed by atoms with Crippen molar-refractivity contribution in [3.05, 3.63) is 94.5 Å². The SMILES string of the molecule is Cc1ccccc1N(CC(=O)N(Cc1ccc(Br)cc1)C(C)C(=O)NC(C)C)S(=O)(=O)c1ccccc1. The van der Waals surface area contributed by atoms with Gasteiger partial charge in [0.25, 0.3) is 10.0 Å². The molecule has 9 heteroatoms. The molecular formula is C28H32BrN3O4S. The minimum atomic E-state index is -4.07. The molecule has 1 N–H and O–H groups in total. The number of benzene rings is 3. The normalized spacial score (nSPS) is 12.2. The third-order valence-corrected chi connectivity index (χ3v) is 8.16. The predicted molar refractivity (Wildman–Crippen MR) is 150 cm³/mol. The Morgan fingerprint density at radius 2 is 1.49 bits per heavy atom. The summed E-state index contributed by atoms with van der Waals surface area (Å²) in [5.41, 5.74) is 1.93. The Morgan fingerprint density at radius 3 is 2.08 bits per heavy atom. The second-order valence-corrected chi connectivity index (χ2v) is 11.9. The fourth-order valence-electron chi connectivity index (χ4n) is 3.85. The number of nitrogens with zero attached hydrogens (tertiary/aromatic N) is 2.